The van der Waals surface area contributed by atoms with Gasteiger partial charge in [-0.15, -0.1) is 0 Å². The second-order valence-corrected chi connectivity index (χ2v) is 21.6. The van der Waals surface area contributed by atoms with Crippen LogP contribution in [-0.4, -0.2) is 23.0 Å². The molecule has 4 nitrogen and oxygen atoms in total. The van der Waals surface area contributed by atoms with Gasteiger partial charge < -0.3 is 55.5 Å². The molecule has 0 saturated carbocycles. The van der Waals surface area contributed by atoms with Gasteiger partial charge in [0.2, 0.25) is 0 Å². The number of hydrogen-bond acceptors (Lipinski definition) is 6. The van der Waals surface area contributed by atoms with Gasteiger partial charge in [-0.25, -0.2) is 20.1 Å². The first-order valence-electron chi connectivity index (χ1n) is 9.44. The average molecular weight is 679 g/mol. The maximum absolute atomic E-state index is 11.2. The first-order valence-corrected chi connectivity index (χ1v) is 19.1. The molecule has 0 aromatic rings. The van der Waals surface area contributed by atoms with E-state index in [0.29, 0.717) is 0 Å². The van der Waals surface area contributed by atoms with Crippen LogP contribution in [0.2, 0.25) is 0 Å². The van der Waals surface area contributed by atoms with E-state index in [4.69, 9.17) is 0 Å². The zero-order chi connectivity index (χ0) is 20.6. The van der Waals surface area contributed by atoms with Gasteiger partial charge in [-0.2, -0.15) is 0 Å². The SMILES string of the molecule is CCCCS(CCCC)=P([O-])([O-])[S-].CCCCS(CCCC)=P([O-])([O-])[S-].[Zn+2].[Zn+2].[Zn+2]. The van der Waals surface area contributed by atoms with Gasteiger partial charge in [0, 0.05) is 0 Å². The van der Waals surface area contributed by atoms with Crippen molar-refractivity contribution in [2.45, 2.75) is 79.1 Å². The Morgan fingerprint density at radius 3 is 0.793 bits per heavy atom. The van der Waals surface area contributed by atoms with Crippen LogP contribution in [0.25, 0.3) is 0 Å². The molecule has 0 rings (SSSR count). The summed E-state index contributed by atoms with van der Waals surface area (Å²) in [6.45, 7) is 8.28. The first-order chi connectivity index (χ1) is 12.0. The Balaban J connectivity index is -0.000000120. The Kier molecular flexibility index (Phi) is 39.5. The molecule has 0 aliphatic carbocycles. The first kappa shape index (κ1) is 43.1. The zero-order valence-electron chi connectivity index (χ0n) is 18.8. The predicted molar refractivity (Wildman–Crippen MR) is 122 cm³/mol. The summed E-state index contributed by atoms with van der Waals surface area (Å²) in [6, 6.07) is 0. The predicted octanol–water partition coefficient (Wildman–Crippen LogP) is 2.29. The van der Waals surface area contributed by atoms with Crippen molar-refractivity contribution in [3.05, 3.63) is 0 Å². The fraction of sp³-hybridized carbons (Fsp3) is 1.00. The molecule has 0 aromatic carbocycles. The maximum Gasteiger partial charge on any atom is 2.00 e. The molecule has 0 aliphatic rings. The molecule has 0 bridgehead atoms. The topological polar surface area (TPSA) is 92.2 Å². The van der Waals surface area contributed by atoms with Gasteiger partial charge in [0.25, 0.3) is 0 Å². The molecule has 0 unspecified atom stereocenters. The van der Waals surface area contributed by atoms with Gasteiger partial charge in [-0.3, -0.25) is 0 Å². The minimum atomic E-state index is -3.47. The largest absolute Gasteiger partial charge is 2.00 e. The minimum Gasteiger partial charge on any atom is -0.854 e. The summed E-state index contributed by atoms with van der Waals surface area (Å²) < 4.78 is 0. The van der Waals surface area contributed by atoms with Crippen molar-refractivity contribution >= 4 is 56.0 Å². The van der Waals surface area contributed by atoms with E-state index in [0.717, 1.165) is 74.4 Å². The van der Waals surface area contributed by atoms with Crippen LogP contribution in [0.15, 0.2) is 0 Å². The van der Waals surface area contributed by atoms with E-state index in [1.807, 2.05) is 0 Å². The van der Waals surface area contributed by atoms with Gasteiger partial charge in [0.15, 0.2) is 0 Å². The summed E-state index contributed by atoms with van der Waals surface area (Å²) in [5.74, 6) is 3.11. The van der Waals surface area contributed by atoms with Crippen LogP contribution in [0.4, 0.5) is 0 Å². The Morgan fingerprint density at radius 2 is 0.690 bits per heavy atom. The van der Waals surface area contributed by atoms with Gasteiger partial charge in [-0.05, 0) is 48.7 Å². The number of hydrogen-bond donors (Lipinski definition) is 0. The Hall–Kier alpha value is 3.97. The average Bonchev–Trinajstić information content (AvgIpc) is 2.53. The van der Waals surface area contributed by atoms with E-state index in [1.165, 1.54) is 0 Å². The maximum atomic E-state index is 11.2. The molecule has 0 radical (unpaired) electrons. The summed E-state index contributed by atoms with van der Waals surface area (Å²) in [6.07, 6.45) is 8.11. The molecule has 13 heteroatoms. The van der Waals surface area contributed by atoms with Crippen LogP contribution in [0.3, 0.4) is 0 Å². The Morgan fingerprint density at radius 1 is 0.517 bits per heavy atom. The van der Waals surface area contributed by atoms with E-state index < -0.39 is 31.5 Å². The fourth-order valence-corrected chi connectivity index (χ4v) is 12.6. The Labute approximate surface area is 233 Å². The molecule has 0 fully saturated rings. The van der Waals surface area contributed by atoms with E-state index in [2.05, 4.69) is 52.2 Å². The van der Waals surface area contributed by atoms with Crippen LogP contribution in [0.5, 0.6) is 0 Å². The smallest absolute Gasteiger partial charge is 0.854 e. The molecular weight excluding hydrogens is 643 g/mol. The van der Waals surface area contributed by atoms with Crippen LogP contribution < -0.4 is 19.6 Å². The normalized spacial score (nSPS) is 11.2. The third-order valence-electron chi connectivity index (χ3n) is 3.57. The Bertz CT molecular complexity index is 397. The van der Waals surface area contributed by atoms with Crippen molar-refractivity contribution < 1.29 is 78.0 Å². The summed E-state index contributed by atoms with van der Waals surface area (Å²) in [5, 5.41) is 0. The van der Waals surface area contributed by atoms with Gasteiger partial charge in [0.1, 0.15) is 0 Å². The van der Waals surface area contributed by atoms with Gasteiger partial charge in [-0.1, -0.05) is 53.4 Å². The fourth-order valence-electron chi connectivity index (χ4n) is 1.90. The second-order valence-electron chi connectivity index (χ2n) is 6.05. The molecule has 0 amide bonds. The molecule has 29 heavy (non-hydrogen) atoms. The molecule has 0 saturated heterocycles. The van der Waals surface area contributed by atoms with Crippen molar-refractivity contribution in [1.82, 2.24) is 0 Å². The van der Waals surface area contributed by atoms with Crippen molar-refractivity contribution in [1.29, 1.82) is 0 Å². The van der Waals surface area contributed by atoms with E-state index in [9.17, 15) is 19.6 Å². The summed E-state index contributed by atoms with van der Waals surface area (Å²) in [4.78, 5) is 44.8. The molecule has 0 atom stereocenters. The monoisotopic (exact) mass is 674 g/mol. The molecule has 0 heterocycles. The summed E-state index contributed by atoms with van der Waals surface area (Å²) in [7, 11) is -1.05. The van der Waals surface area contributed by atoms with Crippen molar-refractivity contribution in [2.75, 3.05) is 23.0 Å². The standard InChI is InChI=1S/2C8H18O2PS2.3Zn/c2*1-3-5-7-13(8-6-4-2)11(9,10)12;;;/h2*3-8H2,1-2H3;;;/q2*-3;3*+2. The van der Waals surface area contributed by atoms with Gasteiger partial charge >= 0.3 is 58.4 Å². The molecule has 0 aliphatic heterocycles. The molecular formula is C16H36O4P2S4Zn3. The van der Waals surface area contributed by atoms with Crippen molar-refractivity contribution in [2.24, 2.45) is 0 Å². The summed E-state index contributed by atoms with van der Waals surface area (Å²) >= 11 is 9.09. The minimum absolute atomic E-state index is 0. The van der Waals surface area contributed by atoms with Crippen LogP contribution in [-0.2, 0) is 103 Å². The van der Waals surface area contributed by atoms with E-state index in [1.54, 1.807) is 0 Å². The molecule has 0 spiro atoms. The zero-order valence-corrected chi connectivity index (χ0v) is 32.7. The molecule has 164 valence electrons. The van der Waals surface area contributed by atoms with Crippen LogP contribution >= 0.6 is 11.4 Å². The van der Waals surface area contributed by atoms with Gasteiger partial charge in [0.05, 0.1) is 0 Å². The molecule has 0 aromatic heterocycles. The number of unbranched alkanes of at least 4 members (excludes halogenated alkanes) is 4. The third kappa shape index (κ3) is 28.1. The summed E-state index contributed by atoms with van der Waals surface area (Å²) in [5.41, 5.74) is -6.95. The van der Waals surface area contributed by atoms with Crippen molar-refractivity contribution in [3.8, 4) is 0 Å². The van der Waals surface area contributed by atoms with E-state index in [-0.39, 0.29) is 58.4 Å². The third-order valence-corrected chi connectivity index (χ3v) is 17.7. The van der Waals surface area contributed by atoms with Crippen LogP contribution in [0.1, 0.15) is 79.1 Å². The number of rotatable bonds is 12. The molecule has 0 N–H and O–H groups in total. The van der Waals surface area contributed by atoms with Crippen LogP contribution in [0, 0.1) is 0 Å². The second kappa shape index (κ2) is 26.6. The van der Waals surface area contributed by atoms with Crippen molar-refractivity contribution in [3.63, 3.8) is 0 Å². The van der Waals surface area contributed by atoms with E-state index >= 15 is 0 Å². The quantitative estimate of drug-likeness (QED) is 0.179.